The Labute approximate surface area is 148 Å². The Balaban J connectivity index is 1.20. The van der Waals surface area contributed by atoms with Gasteiger partial charge in [0.1, 0.15) is 11.3 Å². The van der Waals surface area contributed by atoms with E-state index in [1.807, 2.05) is 34.8 Å². The SMILES string of the molecule is Cn1cccc1C(=O)NC[C@@H]1CCC2(CN(C(=O)C3CCC3)C2)OC1. The van der Waals surface area contributed by atoms with Crippen LogP contribution in [0.2, 0.25) is 0 Å². The van der Waals surface area contributed by atoms with Crippen molar-refractivity contribution in [1.29, 1.82) is 0 Å². The van der Waals surface area contributed by atoms with Crippen LogP contribution in [0.25, 0.3) is 0 Å². The highest BCUT2D eigenvalue weighted by Gasteiger charge is 2.49. The Morgan fingerprint density at radius 3 is 2.68 bits per heavy atom. The van der Waals surface area contributed by atoms with Crippen LogP contribution in [-0.4, -0.2) is 53.1 Å². The number of carbonyl (C=O) groups excluding carboxylic acids is 2. The van der Waals surface area contributed by atoms with Crippen LogP contribution in [0.15, 0.2) is 18.3 Å². The molecule has 1 saturated carbocycles. The zero-order valence-corrected chi connectivity index (χ0v) is 14.9. The van der Waals surface area contributed by atoms with E-state index in [0.29, 0.717) is 30.7 Å². The molecule has 0 radical (unpaired) electrons. The van der Waals surface area contributed by atoms with Crippen molar-refractivity contribution in [3.63, 3.8) is 0 Å². The molecule has 2 amide bonds. The molecule has 1 aliphatic carbocycles. The molecule has 136 valence electrons. The average Bonchev–Trinajstić information content (AvgIpc) is 2.95. The van der Waals surface area contributed by atoms with Crippen LogP contribution in [-0.2, 0) is 16.6 Å². The molecule has 2 saturated heterocycles. The molecule has 0 unspecified atom stereocenters. The third kappa shape index (κ3) is 3.19. The van der Waals surface area contributed by atoms with Crippen LogP contribution < -0.4 is 5.32 Å². The fraction of sp³-hybridized carbons (Fsp3) is 0.684. The van der Waals surface area contributed by atoms with Crippen molar-refractivity contribution in [1.82, 2.24) is 14.8 Å². The van der Waals surface area contributed by atoms with Gasteiger partial charge in [0.05, 0.1) is 19.7 Å². The number of rotatable bonds is 4. The monoisotopic (exact) mass is 345 g/mol. The van der Waals surface area contributed by atoms with Crippen LogP contribution in [0, 0.1) is 11.8 Å². The number of amides is 2. The number of carbonyl (C=O) groups is 2. The minimum Gasteiger partial charge on any atom is -0.371 e. The van der Waals surface area contributed by atoms with E-state index in [2.05, 4.69) is 5.32 Å². The first kappa shape index (κ1) is 16.6. The lowest BCUT2D eigenvalue weighted by molar-refractivity contribution is -0.192. The second-order valence-electron chi connectivity index (χ2n) is 7.94. The Morgan fingerprint density at radius 2 is 2.12 bits per heavy atom. The molecular weight excluding hydrogens is 318 g/mol. The summed E-state index contributed by atoms with van der Waals surface area (Å²) in [6.45, 7) is 2.82. The highest BCUT2D eigenvalue weighted by atomic mass is 16.5. The van der Waals surface area contributed by atoms with Crippen LogP contribution in [0.3, 0.4) is 0 Å². The molecule has 1 N–H and O–H groups in total. The fourth-order valence-corrected chi connectivity index (χ4v) is 4.07. The lowest BCUT2D eigenvalue weighted by Gasteiger charge is -2.54. The number of aryl methyl sites for hydroxylation is 1. The van der Waals surface area contributed by atoms with E-state index in [1.54, 1.807) is 0 Å². The van der Waals surface area contributed by atoms with Crippen molar-refractivity contribution in [2.75, 3.05) is 26.2 Å². The van der Waals surface area contributed by atoms with Gasteiger partial charge in [0.15, 0.2) is 0 Å². The molecule has 1 spiro atoms. The van der Waals surface area contributed by atoms with Crippen LogP contribution >= 0.6 is 0 Å². The van der Waals surface area contributed by atoms with Gasteiger partial charge in [0, 0.05) is 25.7 Å². The molecule has 1 aromatic heterocycles. The third-order valence-corrected chi connectivity index (χ3v) is 6.09. The van der Waals surface area contributed by atoms with Crippen molar-refractivity contribution >= 4 is 11.8 Å². The van der Waals surface area contributed by atoms with Crippen molar-refractivity contribution in [2.45, 2.75) is 37.7 Å². The van der Waals surface area contributed by atoms with E-state index in [0.717, 1.165) is 38.8 Å². The lowest BCUT2D eigenvalue weighted by atomic mass is 9.79. The quantitative estimate of drug-likeness (QED) is 0.901. The van der Waals surface area contributed by atoms with E-state index in [1.165, 1.54) is 6.42 Å². The van der Waals surface area contributed by atoms with Gasteiger partial charge in [-0.3, -0.25) is 9.59 Å². The maximum atomic E-state index is 12.2. The summed E-state index contributed by atoms with van der Waals surface area (Å²) in [6, 6.07) is 3.69. The summed E-state index contributed by atoms with van der Waals surface area (Å²) < 4.78 is 7.95. The molecule has 0 bridgehead atoms. The first-order valence-electron chi connectivity index (χ1n) is 9.39. The highest BCUT2D eigenvalue weighted by molar-refractivity contribution is 5.92. The van der Waals surface area contributed by atoms with Gasteiger partial charge in [-0.15, -0.1) is 0 Å². The summed E-state index contributed by atoms with van der Waals surface area (Å²) in [4.78, 5) is 26.4. The Morgan fingerprint density at radius 1 is 1.32 bits per heavy atom. The predicted molar refractivity (Wildman–Crippen MR) is 93.1 cm³/mol. The van der Waals surface area contributed by atoms with Gasteiger partial charge >= 0.3 is 0 Å². The van der Waals surface area contributed by atoms with Gasteiger partial charge in [-0.05, 0) is 43.7 Å². The first-order valence-corrected chi connectivity index (χ1v) is 9.39. The van der Waals surface area contributed by atoms with Crippen molar-refractivity contribution in [3.05, 3.63) is 24.0 Å². The summed E-state index contributed by atoms with van der Waals surface area (Å²) in [5.41, 5.74) is 0.565. The number of hydrogen-bond acceptors (Lipinski definition) is 3. The Bertz CT molecular complexity index is 649. The molecule has 6 heteroatoms. The molecule has 3 fully saturated rings. The third-order valence-electron chi connectivity index (χ3n) is 6.09. The van der Waals surface area contributed by atoms with Gasteiger partial charge in [0.2, 0.25) is 5.91 Å². The van der Waals surface area contributed by atoms with E-state index >= 15 is 0 Å². The molecule has 0 aromatic carbocycles. The maximum absolute atomic E-state index is 12.2. The zero-order valence-electron chi connectivity index (χ0n) is 14.9. The van der Waals surface area contributed by atoms with E-state index in [9.17, 15) is 9.59 Å². The maximum Gasteiger partial charge on any atom is 0.267 e. The number of nitrogens with zero attached hydrogens (tertiary/aromatic N) is 2. The highest BCUT2D eigenvalue weighted by Crippen LogP contribution is 2.38. The van der Waals surface area contributed by atoms with E-state index < -0.39 is 0 Å². The summed E-state index contributed by atoms with van der Waals surface area (Å²) in [5.74, 6) is 0.929. The molecule has 6 nitrogen and oxygen atoms in total. The second-order valence-corrected chi connectivity index (χ2v) is 7.94. The molecule has 3 aliphatic rings. The molecule has 3 heterocycles. The number of likely N-dealkylation sites (tertiary alicyclic amines) is 1. The smallest absolute Gasteiger partial charge is 0.267 e. The summed E-state index contributed by atoms with van der Waals surface area (Å²) in [7, 11) is 1.87. The van der Waals surface area contributed by atoms with Crippen molar-refractivity contribution in [3.8, 4) is 0 Å². The zero-order chi connectivity index (χ0) is 17.4. The van der Waals surface area contributed by atoms with Gasteiger partial charge in [-0.1, -0.05) is 6.42 Å². The van der Waals surface area contributed by atoms with Crippen molar-refractivity contribution < 1.29 is 14.3 Å². The number of aromatic nitrogens is 1. The van der Waals surface area contributed by atoms with E-state index in [-0.39, 0.29) is 17.4 Å². The van der Waals surface area contributed by atoms with Gasteiger partial charge in [0.25, 0.3) is 5.91 Å². The summed E-state index contributed by atoms with van der Waals surface area (Å²) >= 11 is 0. The summed E-state index contributed by atoms with van der Waals surface area (Å²) in [6.07, 6.45) is 7.21. The lowest BCUT2D eigenvalue weighted by Crippen LogP contribution is -2.67. The fourth-order valence-electron chi connectivity index (χ4n) is 4.07. The molecule has 2 aliphatic heterocycles. The molecule has 1 atom stereocenters. The minimum absolute atomic E-state index is 0.0336. The number of hydrogen-bond donors (Lipinski definition) is 1. The number of ether oxygens (including phenoxy) is 1. The summed E-state index contributed by atoms with van der Waals surface area (Å²) in [5, 5.41) is 3.01. The second kappa shape index (κ2) is 6.48. The molecule has 25 heavy (non-hydrogen) atoms. The first-order chi connectivity index (χ1) is 12.1. The van der Waals surface area contributed by atoms with Gasteiger partial charge < -0.3 is 19.5 Å². The molecule has 4 rings (SSSR count). The van der Waals surface area contributed by atoms with E-state index in [4.69, 9.17) is 4.74 Å². The van der Waals surface area contributed by atoms with Crippen LogP contribution in [0.4, 0.5) is 0 Å². The topological polar surface area (TPSA) is 63.6 Å². The minimum atomic E-state index is -0.113. The van der Waals surface area contributed by atoms with Crippen molar-refractivity contribution in [2.24, 2.45) is 18.9 Å². The van der Waals surface area contributed by atoms with Crippen LogP contribution in [0.1, 0.15) is 42.6 Å². The van der Waals surface area contributed by atoms with Gasteiger partial charge in [-0.25, -0.2) is 0 Å². The normalized spacial score (nSPS) is 25.3. The predicted octanol–water partition coefficient (Wildman–Crippen LogP) is 1.56. The largest absolute Gasteiger partial charge is 0.371 e. The number of nitrogens with one attached hydrogen (secondary N) is 1. The Hall–Kier alpha value is -1.82. The van der Waals surface area contributed by atoms with Crippen LogP contribution in [0.5, 0.6) is 0 Å². The average molecular weight is 345 g/mol. The Kier molecular flexibility index (Phi) is 4.31. The molecule has 1 aromatic rings. The standard InChI is InChI=1S/C19H27N3O3/c1-21-9-3-6-16(21)17(23)20-10-14-7-8-19(25-11-14)12-22(13-19)18(24)15-4-2-5-15/h3,6,9,14-15H,2,4-5,7-8,10-13H2,1H3,(H,20,23)/t14-/m0/s1. The molecular formula is C19H27N3O3. The van der Waals surface area contributed by atoms with Gasteiger partial charge in [-0.2, -0.15) is 0 Å².